The maximum absolute atomic E-state index is 11.2. The van der Waals surface area contributed by atoms with E-state index >= 15 is 0 Å². The first-order valence-electron chi connectivity index (χ1n) is 6.69. The Kier molecular flexibility index (Phi) is 7.77. The Labute approximate surface area is 140 Å². The van der Waals surface area contributed by atoms with E-state index in [9.17, 15) is 4.79 Å². The number of halogens is 1. The van der Waals surface area contributed by atoms with Crippen molar-refractivity contribution in [2.24, 2.45) is 0 Å². The summed E-state index contributed by atoms with van der Waals surface area (Å²) in [5, 5.41) is 0.549. The van der Waals surface area contributed by atoms with Crippen LogP contribution in [-0.2, 0) is 14.2 Å². The molecule has 0 atom stereocenters. The van der Waals surface area contributed by atoms with Crippen LogP contribution in [0, 0.1) is 0 Å². The number of hydrogen-bond donors (Lipinski definition) is 0. The predicted molar refractivity (Wildman–Crippen MR) is 89.4 cm³/mol. The molecule has 0 N–H and O–H groups in total. The quantitative estimate of drug-likeness (QED) is 0.431. The van der Waals surface area contributed by atoms with Crippen molar-refractivity contribution in [1.29, 1.82) is 0 Å². The SMILES string of the molecule is COC=C(OC(=O)OC)C(C)=CC=Cc1ccc(Cl)c(OC)c1. The topological polar surface area (TPSA) is 54.0 Å². The summed E-state index contributed by atoms with van der Waals surface area (Å²) in [4.78, 5) is 11.2. The lowest BCUT2D eigenvalue weighted by atomic mass is 10.1. The minimum atomic E-state index is -0.813. The lowest BCUT2D eigenvalue weighted by Crippen LogP contribution is -2.05. The second-order valence-electron chi connectivity index (χ2n) is 4.38. The minimum absolute atomic E-state index is 0.262. The maximum atomic E-state index is 11.2. The van der Waals surface area contributed by atoms with Crippen LogP contribution in [0.4, 0.5) is 4.79 Å². The first-order valence-corrected chi connectivity index (χ1v) is 7.07. The molecule has 0 heterocycles. The van der Waals surface area contributed by atoms with Crippen LogP contribution in [0.1, 0.15) is 12.5 Å². The zero-order valence-electron chi connectivity index (χ0n) is 13.5. The zero-order valence-corrected chi connectivity index (χ0v) is 14.2. The normalized spacial score (nSPS) is 12.2. The molecule has 5 nitrogen and oxygen atoms in total. The average molecular weight is 339 g/mol. The van der Waals surface area contributed by atoms with Gasteiger partial charge in [-0.2, -0.15) is 0 Å². The monoisotopic (exact) mass is 338 g/mol. The second-order valence-corrected chi connectivity index (χ2v) is 4.78. The highest BCUT2D eigenvalue weighted by atomic mass is 35.5. The summed E-state index contributed by atoms with van der Waals surface area (Å²) >= 11 is 5.98. The highest BCUT2D eigenvalue weighted by Gasteiger charge is 2.08. The van der Waals surface area contributed by atoms with Gasteiger partial charge in [0.25, 0.3) is 0 Å². The number of rotatable bonds is 6. The van der Waals surface area contributed by atoms with Gasteiger partial charge < -0.3 is 18.9 Å². The molecule has 0 radical (unpaired) electrons. The summed E-state index contributed by atoms with van der Waals surface area (Å²) in [6.07, 6.45) is 5.96. The number of methoxy groups -OCH3 is 3. The third-order valence-electron chi connectivity index (χ3n) is 2.78. The van der Waals surface area contributed by atoms with Gasteiger partial charge in [0.05, 0.1) is 26.4 Å². The Morgan fingerprint density at radius 1 is 1.22 bits per heavy atom. The largest absolute Gasteiger partial charge is 0.513 e. The molecule has 0 aliphatic rings. The molecule has 1 aromatic carbocycles. The highest BCUT2D eigenvalue weighted by molar-refractivity contribution is 6.32. The second kappa shape index (κ2) is 9.58. The van der Waals surface area contributed by atoms with Gasteiger partial charge >= 0.3 is 6.16 Å². The lowest BCUT2D eigenvalue weighted by molar-refractivity contribution is 0.0960. The summed E-state index contributed by atoms with van der Waals surface area (Å²) in [6, 6.07) is 5.44. The van der Waals surface area contributed by atoms with Crippen LogP contribution in [0.5, 0.6) is 5.75 Å². The Bertz CT molecular complexity index is 632. The van der Waals surface area contributed by atoms with Crippen molar-refractivity contribution in [3.8, 4) is 5.75 Å². The van der Waals surface area contributed by atoms with Gasteiger partial charge in [0.2, 0.25) is 0 Å². The zero-order chi connectivity index (χ0) is 17.2. The molecular weight excluding hydrogens is 320 g/mol. The standard InChI is InChI=1S/C17H19ClO5/c1-12(16(11-20-2)23-17(19)22-4)6-5-7-13-8-9-14(18)15(10-13)21-3/h5-11H,1-4H3. The summed E-state index contributed by atoms with van der Waals surface area (Å²) in [6.45, 7) is 1.78. The molecule has 0 aliphatic carbocycles. The molecule has 0 saturated heterocycles. The fraction of sp³-hybridized carbons (Fsp3) is 0.235. The Morgan fingerprint density at radius 2 is 1.96 bits per heavy atom. The fourth-order valence-corrected chi connectivity index (χ4v) is 1.80. The number of allylic oxidation sites excluding steroid dienone is 3. The first kappa shape index (κ1) is 18.6. The van der Waals surface area contributed by atoms with Crippen LogP contribution in [-0.4, -0.2) is 27.5 Å². The lowest BCUT2D eigenvalue weighted by Gasteiger charge is -2.07. The molecule has 0 spiro atoms. The predicted octanol–water partition coefficient (Wildman–Crippen LogP) is 4.58. The van der Waals surface area contributed by atoms with Crippen molar-refractivity contribution in [2.75, 3.05) is 21.3 Å². The van der Waals surface area contributed by atoms with Crippen molar-refractivity contribution < 1.29 is 23.7 Å². The molecule has 6 heteroatoms. The van der Waals surface area contributed by atoms with Crippen molar-refractivity contribution >= 4 is 23.8 Å². The maximum Gasteiger partial charge on any atom is 0.513 e. The van der Waals surface area contributed by atoms with Gasteiger partial charge in [-0.25, -0.2) is 4.79 Å². The summed E-state index contributed by atoms with van der Waals surface area (Å²) in [5.74, 6) is 0.862. The van der Waals surface area contributed by atoms with E-state index < -0.39 is 6.16 Å². The fourth-order valence-electron chi connectivity index (χ4n) is 1.60. The molecule has 0 fully saturated rings. The third-order valence-corrected chi connectivity index (χ3v) is 3.10. The van der Waals surface area contributed by atoms with Gasteiger partial charge in [-0.05, 0) is 30.2 Å². The number of benzene rings is 1. The van der Waals surface area contributed by atoms with Crippen LogP contribution >= 0.6 is 11.6 Å². The Balaban J connectivity index is 2.88. The molecule has 0 bridgehead atoms. The van der Waals surface area contributed by atoms with E-state index in [0.29, 0.717) is 16.3 Å². The van der Waals surface area contributed by atoms with Crippen molar-refractivity contribution in [3.63, 3.8) is 0 Å². The number of ether oxygens (including phenoxy) is 4. The van der Waals surface area contributed by atoms with Crippen LogP contribution in [0.2, 0.25) is 5.02 Å². The molecule has 0 aromatic heterocycles. The van der Waals surface area contributed by atoms with Crippen LogP contribution < -0.4 is 4.74 Å². The molecule has 1 rings (SSSR count). The van der Waals surface area contributed by atoms with Gasteiger partial charge in [0.1, 0.15) is 12.0 Å². The highest BCUT2D eigenvalue weighted by Crippen LogP contribution is 2.25. The smallest absolute Gasteiger partial charge is 0.500 e. The molecule has 23 heavy (non-hydrogen) atoms. The van der Waals surface area contributed by atoms with E-state index in [2.05, 4.69) is 4.74 Å². The first-order chi connectivity index (χ1) is 11.0. The van der Waals surface area contributed by atoms with E-state index in [0.717, 1.165) is 5.56 Å². The number of carbonyl (C=O) groups is 1. The summed E-state index contributed by atoms with van der Waals surface area (Å²) in [7, 11) is 4.26. The Morgan fingerprint density at radius 3 is 2.57 bits per heavy atom. The van der Waals surface area contributed by atoms with Crippen LogP contribution in [0.15, 0.2) is 47.9 Å². The van der Waals surface area contributed by atoms with E-state index in [1.165, 1.54) is 20.5 Å². The molecule has 1 aromatic rings. The summed E-state index contributed by atoms with van der Waals surface area (Å²) < 4.78 is 19.5. The Hall–Kier alpha value is -2.40. The van der Waals surface area contributed by atoms with Crippen LogP contribution in [0.3, 0.4) is 0 Å². The van der Waals surface area contributed by atoms with Gasteiger partial charge in [0, 0.05) is 0 Å². The van der Waals surface area contributed by atoms with Gasteiger partial charge in [0.15, 0.2) is 5.76 Å². The molecule has 0 aliphatic heterocycles. The molecule has 124 valence electrons. The van der Waals surface area contributed by atoms with Crippen LogP contribution in [0.25, 0.3) is 6.08 Å². The molecule has 0 unspecified atom stereocenters. The molecular formula is C17H19ClO5. The van der Waals surface area contributed by atoms with Crippen molar-refractivity contribution in [2.45, 2.75) is 6.92 Å². The van der Waals surface area contributed by atoms with Gasteiger partial charge in [-0.3, -0.25) is 0 Å². The van der Waals surface area contributed by atoms with E-state index in [1.807, 2.05) is 24.3 Å². The molecule has 0 amide bonds. The van der Waals surface area contributed by atoms with Gasteiger partial charge in [-0.1, -0.05) is 35.9 Å². The third kappa shape index (κ3) is 6.08. The minimum Gasteiger partial charge on any atom is -0.500 e. The van der Waals surface area contributed by atoms with Crippen molar-refractivity contribution in [1.82, 2.24) is 0 Å². The van der Waals surface area contributed by atoms with E-state index in [1.54, 1.807) is 26.2 Å². The van der Waals surface area contributed by atoms with Crippen molar-refractivity contribution in [3.05, 3.63) is 58.5 Å². The van der Waals surface area contributed by atoms with E-state index in [4.69, 9.17) is 25.8 Å². The molecule has 0 saturated carbocycles. The van der Waals surface area contributed by atoms with Gasteiger partial charge in [-0.15, -0.1) is 0 Å². The summed E-state index contributed by atoms with van der Waals surface area (Å²) in [5.41, 5.74) is 1.61. The number of carbonyl (C=O) groups excluding carboxylic acids is 1. The average Bonchev–Trinajstić information content (AvgIpc) is 2.55. The van der Waals surface area contributed by atoms with E-state index in [-0.39, 0.29) is 5.76 Å². The number of hydrogen-bond acceptors (Lipinski definition) is 5.